The Balaban J connectivity index is 2.44. The van der Waals surface area contributed by atoms with Gasteiger partial charge in [0.2, 0.25) is 0 Å². The van der Waals surface area contributed by atoms with E-state index in [-0.39, 0.29) is 6.10 Å². The maximum Gasteiger partial charge on any atom is 0.0577 e. The van der Waals surface area contributed by atoms with Crippen LogP contribution in [0.5, 0.6) is 0 Å². The largest absolute Gasteiger partial charge is 0.393 e. The van der Waals surface area contributed by atoms with Crippen molar-refractivity contribution in [3.63, 3.8) is 0 Å². The van der Waals surface area contributed by atoms with E-state index in [1.165, 1.54) is 12.0 Å². The Bertz CT molecular complexity index is 174. The van der Waals surface area contributed by atoms with Crippen LogP contribution in [0.15, 0.2) is 11.6 Å². The van der Waals surface area contributed by atoms with Gasteiger partial charge in [0.05, 0.1) is 6.10 Å². The van der Waals surface area contributed by atoms with E-state index in [2.05, 4.69) is 26.8 Å². The highest BCUT2D eigenvalue weighted by Gasteiger charge is 2.17. The maximum absolute atomic E-state index is 9.28. The molecule has 0 saturated heterocycles. The number of allylic oxidation sites excluding steroid dienone is 1. The second-order valence-corrected chi connectivity index (χ2v) is 5.03. The smallest absolute Gasteiger partial charge is 0.0577 e. The molecule has 70 valence electrons. The molecule has 0 spiro atoms. The molecule has 0 amide bonds. The molecule has 0 aromatic heterocycles. The lowest BCUT2D eigenvalue weighted by atomic mass is 9.83. The van der Waals surface area contributed by atoms with Crippen molar-refractivity contribution in [3.05, 3.63) is 11.6 Å². The van der Waals surface area contributed by atoms with Gasteiger partial charge >= 0.3 is 0 Å². The van der Waals surface area contributed by atoms with E-state index in [0.29, 0.717) is 5.41 Å². The van der Waals surface area contributed by atoms with Crippen LogP contribution in [0.3, 0.4) is 0 Å². The van der Waals surface area contributed by atoms with Gasteiger partial charge in [0.25, 0.3) is 0 Å². The first-order valence-corrected chi connectivity index (χ1v) is 4.83. The summed E-state index contributed by atoms with van der Waals surface area (Å²) in [5.41, 5.74) is 1.93. The third-order valence-corrected chi connectivity index (χ3v) is 2.23. The lowest BCUT2D eigenvalue weighted by Crippen LogP contribution is -2.14. The van der Waals surface area contributed by atoms with Crippen LogP contribution in [-0.2, 0) is 0 Å². The molecule has 0 radical (unpaired) electrons. The molecule has 1 nitrogen and oxygen atoms in total. The van der Waals surface area contributed by atoms with Crippen LogP contribution >= 0.6 is 0 Å². The van der Waals surface area contributed by atoms with E-state index in [9.17, 15) is 5.11 Å². The minimum atomic E-state index is -0.0753. The van der Waals surface area contributed by atoms with Gasteiger partial charge in [0.15, 0.2) is 0 Å². The minimum absolute atomic E-state index is 0.0753. The van der Waals surface area contributed by atoms with Crippen LogP contribution in [0, 0.1) is 5.41 Å². The highest BCUT2D eigenvalue weighted by molar-refractivity contribution is 5.08. The molecule has 0 bridgehead atoms. The van der Waals surface area contributed by atoms with Crippen molar-refractivity contribution in [3.8, 4) is 0 Å². The molecule has 12 heavy (non-hydrogen) atoms. The number of hydrogen-bond acceptors (Lipinski definition) is 1. The van der Waals surface area contributed by atoms with Crippen LogP contribution in [0.25, 0.3) is 0 Å². The van der Waals surface area contributed by atoms with Gasteiger partial charge in [0.1, 0.15) is 0 Å². The molecule has 0 aliphatic heterocycles. The van der Waals surface area contributed by atoms with E-state index < -0.39 is 0 Å². The molecule has 0 heterocycles. The third kappa shape index (κ3) is 3.40. The van der Waals surface area contributed by atoms with E-state index >= 15 is 0 Å². The quantitative estimate of drug-likeness (QED) is 0.597. The molecule has 1 aliphatic carbocycles. The molecule has 0 aromatic rings. The average molecular weight is 168 g/mol. The van der Waals surface area contributed by atoms with Crippen molar-refractivity contribution in [1.82, 2.24) is 0 Å². The van der Waals surface area contributed by atoms with Gasteiger partial charge in [-0.3, -0.25) is 0 Å². The van der Waals surface area contributed by atoms with E-state index in [4.69, 9.17) is 0 Å². The molecular formula is C11H20O. The molecule has 1 rings (SSSR count). The van der Waals surface area contributed by atoms with Crippen molar-refractivity contribution in [2.45, 2.75) is 52.6 Å². The zero-order valence-corrected chi connectivity index (χ0v) is 8.43. The molecule has 1 atom stereocenters. The summed E-state index contributed by atoms with van der Waals surface area (Å²) in [6.45, 7) is 6.79. The molecule has 0 aromatic carbocycles. The fourth-order valence-corrected chi connectivity index (χ4v) is 1.72. The van der Waals surface area contributed by atoms with Crippen molar-refractivity contribution < 1.29 is 5.11 Å². The number of aliphatic hydroxyl groups excluding tert-OH is 1. The molecule has 0 unspecified atom stereocenters. The number of rotatable bonds is 1. The Kier molecular flexibility index (Phi) is 2.94. The van der Waals surface area contributed by atoms with Gasteiger partial charge < -0.3 is 5.11 Å². The summed E-state index contributed by atoms with van der Waals surface area (Å²) in [5, 5.41) is 9.28. The Morgan fingerprint density at radius 1 is 1.50 bits per heavy atom. The Labute approximate surface area is 75.5 Å². The second kappa shape index (κ2) is 3.61. The first-order chi connectivity index (χ1) is 5.47. The fraction of sp³-hybridized carbons (Fsp3) is 0.818. The predicted octanol–water partition coefficient (Wildman–Crippen LogP) is 2.89. The topological polar surface area (TPSA) is 20.2 Å². The molecule has 0 saturated carbocycles. The van der Waals surface area contributed by atoms with Crippen LogP contribution in [0.4, 0.5) is 0 Å². The summed E-state index contributed by atoms with van der Waals surface area (Å²) in [6, 6.07) is 0. The predicted molar refractivity (Wildman–Crippen MR) is 52.0 cm³/mol. The zero-order chi connectivity index (χ0) is 9.19. The van der Waals surface area contributed by atoms with Crippen molar-refractivity contribution in [1.29, 1.82) is 0 Å². The molecule has 0 fully saturated rings. The van der Waals surface area contributed by atoms with E-state index in [1.807, 2.05) is 0 Å². The van der Waals surface area contributed by atoms with Crippen molar-refractivity contribution in [2.75, 3.05) is 0 Å². The van der Waals surface area contributed by atoms with Gasteiger partial charge in [-0.1, -0.05) is 32.4 Å². The van der Waals surface area contributed by atoms with E-state index in [0.717, 1.165) is 19.3 Å². The maximum atomic E-state index is 9.28. The highest BCUT2D eigenvalue weighted by Crippen LogP contribution is 2.29. The summed E-state index contributed by atoms with van der Waals surface area (Å²) in [6.07, 6.45) is 6.25. The summed E-state index contributed by atoms with van der Waals surface area (Å²) in [7, 11) is 0. The van der Waals surface area contributed by atoms with Crippen LogP contribution in [0.1, 0.15) is 46.5 Å². The molecular weight excluding hydrogens is 148 g/mol. The van der Waals surface area contributed by atoms with E-state index in [1.54, 1.807) is 0 Å². The van der Waals surface area contributed by atoms with Gasteiger partial charge in [-0.2, -0.15) is 0 Å². The van der Waals surface area contributed by atoms with Gasteiger partial charge in [-0.05, 0) is 31.1 Å². The molecule has 1 N–H and O–H groups in total. The van der Waals surface area contributed by atoms with Gasteiger partial charge in [0, 0.05) is 0 Å². The summed E-state index contributed by atoms with van der Waals surface area (Å²) >= 11 is 0. The first-order valence-electron chi connectivity index (χ1n) is 4.83. The minimum Gasteiger partial charge on any atom is -0.393 e. The Morgan fingerprint density at radius 2 is 2.17 bits per heavy atom. The van der Waals surface area contributed by atoms with Gasteiger partial charge in [-0.25, -0.2) is 0 Å². The van der Waals surface area contributed by atoms with Crippen LogP contribution in [0.2, 0.25) is 0 Å². The SMILES string of the molecule is CC(C)(C)CC1=CC[C@H](O)CC1. The van der Waals surface area contributed by atoms with Crippen molar-refractivity contribution in [2.24, 2.45) is 5.41 Å². The van der Waals surface area contributed by atoms with Crippen LogP contribution in [-0.4, -0.2) is 11.2 Å². The number of aliphatic hydroxyl groups is 1. The normalized spacial score (nSPS) is 25.3. The van der Waals surface area contributed by atoms with Crippen LogP contribution < -0.4 is 0 Å². The van der Waals surface area contributed by atoms with Gasteiger partial charge in [-0.15, -0.1) is 0 Å². The summed E-state index contributed by atoms with van der Waals surface area (Å²) in [5.74, 6) is 0. The molecule has 1 aliphatic rings. The second-order valence-electron chi connectivity index (χ2n) is 5.03. The fourth-order valence-electron chi connectivity index (χ4n) is 1.72. The average Bonchev–Trinajstić information content (AvgIpc) is 1.91. The summed E-state index contributed by atoms with van der Waals surface area (Å²) in [4.78, 5) is 0. The van der Waals surface area contributed by atoms with Crippen molar-refractivity contribution >= 4 is 0 Å². The molecule has 1 heteroatoms. The third-order valence-electron chi connectivity index (χ3n) is 2.23. The monoisotopic (exact) mass is 168 g/mol. The Morgan fingerprint density at radius 3 is 2.58 bits per heavy atom. The Hall–Kier alpha value is -0.300. The lowest BCUT2D eigenvalue weighted by molar-refractivity contribution is 0.160. The lowest BCUT2D eigenvalue weighted by Gasteiger charge is -2.24. The summed E-state index contributed by atoms with van der Waals surface area (Å²) < 4.78 is 0. The highest BCUT2D eigenvalue weighted by atomic mass is 16.3. The standard InChI is InChI=1S/C11H20O/c1-11(2,3)8-9-4-6-10(12)7-5-9/h4,10,12H,5-8H2,1-3H3/t10-/m0/s1. The number of hydrogen-bond donors (Lipinski definition) is 1. The first kappa shape index (κ1) is 9.79. The zero-order valence-electron chi connectivity index (χ0n) is 8.43.